The molecule has 9 heavy (non-hydrogen) atoms. The van der Waals surface area contributed by atoms with E-state index < -0.39 is 8.07 Å². The Morgan fingerprint density at radius 1 is 1.11 bits per heavy atom. The van der Waals surface area contributed by atoms with E-state index in [2.05, 4.69) is 19.6 Å². The number of hydrogen-bond donors (Lipinski definition) is 0. The van der Waals surface area contributed by atoms with Crippen LogP contribution in [0.5, 0.6) is 0 Å². The van der Waals surface area contributed by atoms with E-state index in [0.717, 1.165) is 0 Å². The van der Waals surface area contributed by atoms with Gasteiger partial charge in [-0.2, -0.15) is 0 Å². The van der Waals surface area contributed by atoms with Crippen molar-refractivity contribution in [3.8, 4) is 0 Å². The molecule has 0 amide bonds. The van der Waals surface area contributed by atoms with E-state index in [4.69, 9.17) is 0 Å². The zero-order valence-electron chi connectivity index (χ0n) is 6.78. The predicted molar refractivity (Wildman–Crippen MR) is 49.3 cm³/mol. The second-order valence-electron chi connectivity index (χ2n) is 3.74. The van der Waals surface area contributed by atoms with Crippen molar-refractivity contribution in [2.75, 3.05) is 0 Å². The fourth-order valence-electron chi connectivity index (χ4n) is 0.767. The van der Waals surface area contributed by atoms with Gasteiger partial charge in [0.1, 0.15) is 0 Å². The summed E-state index contributed by atoms with van der Waals surface area (Å²) in [6.07, 6.45) is 2.93. The summed E-state index contributed by atoms with van der Waals surface area (Å²) in [5.74, 6) is 0. The van der Waals surface area contributed by atoms with Gasteiger partial charge in [-0.05, 0) is 0 Å². The topological polar surface area (TPSA) is 0 Å². The summed E-state index contributed by atoms with van der Waals surface area (Å²) in [5.41, 5.74) is 0. The Kier molecular flexibility index (Phi) is 5.30. The predicted octanol–water partition coefficient (Wildman–Crippen LogP) is 2.42. The van der Waals surface area contributed by atoms with E-state index in [1.807, 2.05) is 22.3 Å². The van der Waals surface area contributed by atoms with Crippen molar-refractivity contribution in [2.45, 2.75) is 43.0 Å². The molecule has 0 fully saturated rings. The van der Waals surface area contributed by atoms with E-state index in [-0.39, 0.29) is 0 Å². The molecule has 0 heterocycles. The van der Waals surface area contributed by atoms with Gasteiger partial charge < -0.3 is 0 Å². The Balaban J connectivity index is 3.07. The minimum absolute atomic E-state index is 0.689. The van der Waals surface area contributed by atoms with Gasteiger partial charge in [-0.15, -0.1) is 0 Å². The standard InChI is InChI=1S/C7H18SiTe/c1-8(2,3)6-4-5-7-9/h9H,4-7H2,1-3H3. The van der Waals surface area contributed by atoms with Crippen LogP contribution in [0.4, 0.5) is 0 Å². The fourth-order valence-corrected chi connectivity index (χ4v) is 2.72. The average molecular weight is 258 g/mol. The van der Waals surface area contributed by atoms with Crippen LogP contribution in [0, 0.1) is 0 Å². The van der Waals surface area contributed by atoms with Gasteiger partial charge in [-0.25, -0.2) is 0 Å². The van der Waals surface area contributed by atoms with Crippen LogP contribution in [-0.4, -0.2) is 30.4 Å². The second kappa shape index (κ2) is 4.77. The third kappa shape index (κ3) is 9.01. The maximum atomic E-state index is 2.45. The normalized spacial score (nSPS) is 12.0. The molecule has 0 N–H and O–H groups in total. The van der Waals surface area contributed by atoms with E-state index in [1.165, 1.54) is 23.4 Å². The molecule has 0 aromatic heterocycles. The molecule has 0 aromatic carbocycles. The van der Waals surface area contributed by atoms with Crippen molar-refractivity contribution in [3.63, 3.8) is 0 Å². The molecule has 0 bridgehead atoms. The Labute approximate surface area is 73.3 Å². The van der Waals surface area contributed by atoms with Crippen LogP contribution >= 0.6 is 0 Å². The summed E-state index contributed by atoms with van der Waals surface area (Å²) in [6, 6.07) is 1.52. The summed E-state index contributed by atoms with van der Waals surface area (Å²) in [6.45, 7) is 7.35. The van der Waals surface area contributed by atoms with Crippen molar-refractivity contribution >= 4 is 30.4 Å². The zero-order valence-corrected chi connectivity index (χ0v) is 10.3. The Bertz CT molecular complexity index is 65.8. The van der Waals surface area contributed by atoms with Gasteiger partial charge in [-0.3, -0.25) is 0 Å². The molecule has 0 aliphatic heterocycles. The molecular weight excluding hydrogens is 240 g/mol. The van der Waals surface area contributed by atoms with Crippen molar-refractivity contribution < 1.29 is 0 Å². The minimum atomic E-state index is -0.689. The first-order valence-electron chi connectivity index (χ1n) is 3.67. The Morgan fingerprint density at radius 3 is 2.00 bits per heavy atom. The van der Waals surface area contributed by atoms with Crippen LogP contribution in [0.3, 0.4) is 0 Å². The van der Waals surface area contributed by atoms with E-state index in [9.17, 15) is 0 Å². The molecule has 0 saturated carbocycles. The van der Waals surface area contributed by atoms with Crippen LogP contribution in [0.15, 0.2) is 0 Å². The number of hydrogen-bond acceptors (Lipinski definition) is 0. The van der Waals surface area contributed by atoms with Gasteiger partial charge in [0.2, 0.25) is 0 Å². The van der Waals surface area contributed by atoms with Crippen LogP contribution in [0.25, 0.3) is 0 Å². The molecule has 2 heteroatoms. The molecule has 0 aromatic rings. The van der Waals surface area contributed by atoms with Gasteiger partial charge in [-0.1, -0.05) is 0 Å². The third-order valence-corrected chi connectivity index (χ3v) is 4.09. The zero-order chi connectivity index (χ0) is 7.33. The van der Waals surface area contributed by atoms with E-state index in [0.29, 0.717) is 0 Å². The first-order chi connectivity index (χ1) is 4.06. The second-order valence-corrected chi connectivity index (χ2v) is 10.6. The molecule has 0 unspecified atom stereocenters. The molecular formula is C7H18SiTe. The molecule has 0 spiro atoms. The summed E-state index contributed by atoms with van der Waals surface area (Å²) in [4.78, 5) is 0. The molecule has 56 valence electrons. The Morgan fingerprint density at radius 2 is 1.67 bits per heavy atom. The monoisotopic (exact) mass is 260 g/mol. The van der Waals surface area contributed by atoms with Gasteiger partial charge in [0.05, 0.1) is 0 Å². The third-order valence-electron chi connectivity index (χ3n) is 1.33. The molecule has 0 atom stereocenters. The summed E-state index contributed by atoms with van der Waals surface area (Å²) < 4.78 is 1.42. The number of rotatable bonds is 4. The van der Waals surface area contributed by atoms with E-state index in [1.54, 1.807) is 0 Å². The molecule has 0 saturated heterocycles. The van der Waals surface area contributed by atoms with Crippen LogP contribution in [0.2, 0.25) is 30.2 Å². The van der Waals surface area contributed by atoms with Gasteiger partial charge in [0.15, 0.2) is 0 Å². The summed E-state index contributed by atoms with van der Waals surface area (Å²) >= 11 is 1.96. The van der Waals surface area contributed by atoms with Crippen LogP contribution in [-0.2, 0) is 0 Å². The van der Waals surface area contributed by atoms with Gasteiger partial charge >= 0.3 is 73.4 Å². The SMILES string of the molecule is C[Si](C)(C)CCCC[TeH]. The average Bonchev–Trinajstić information content (AvgIpc) is 1.63. The van der Waals surface area contributed by atoms with Crippen molar-refractivity contribution in [1.82, 2.24) is 0 Å². The summed E-state index contributed by atoms with van der Waals surface area (Å²) in [7, 11) is -0.689. The first-order valence-corrected chi connectivity index (χ1v) is 9.18. The van der Waals surface area contributed by atoms with Gasteiger partial charge in [0.25, 0.3) is 0 Å². The molecule has 0 rings (SSSR count). The molecule has 0 aliphatic rings. The van der Waals surface area contributed by atoms with Crippen molar-refractivity contribution in [1.29, 1.82) is 0 Å². The summed E-state index contributed by atoms with van der Waals surface area (Å²) in [5, 5.41) is 0. The maximum absolute atomic E-state index is 2.45. The van der Waals surface area contributed by atoms with Crippen molar-refractivity contribution in [2.24, 2.45) is 0 Å². The van der Waals surface area contributed by atoms with E-state index >= 15 is 0 Å². The number of unbranched alkanes of at least 4 members (excludes halogenated alkanes) is 1. The van der Waals surface area contributed by atoms with Crippen molar-refractivity contribution in [3.05, 3.63) is 0 Å². The van der Waals surface area contributed by atoms with Crippen LogP contribution in [0.1, 0.15) is 12.8 Å². The molecule has 0 radical (unpaired) electrons. The molecule has 0 aliphatic carbocycles. The first kappa shape index (κ1) is 10.0. The quantitative estimate of drug-likeness (QED) is 0.536. The van der Waals surface area contributed by atoms with Crippen LogP contribution < -0.4 is 0 Å². The Hall–Kier alpha value is 1.01. The fraction of sp³-hybridized carbons (Fsp3) is 1.00. The molecule has 0 nitrogen and oxygen atoms in total. The van der Waals surface area contributed by atoms with Gasteiger partial charge in [0, 0.05) is 0 Å².